The molecule has 2 rings (SSSR count). The van der Waals surface area contributed by atoms with Crippen molar-refractivity contribution in [3.63, 3.8) is 0 Å². The molecule has 1 aromatic heterocycles. The van der Waals surface area contributed by atoms with Crippen LogP contribution in [0.15, 0.2) is 54.9 Å². The molecule has 2 atom stereocenters. The van der Waals surface area contributed by atoms with Crippen LogP contribution in [0, 0.1) is 0 Å². The van der Waals surface area contributed by atoms with Crippen molar-refractivity contribution < 1.29 is 4.79 Å². The molecule has 0 saturated heterocycles. The summed E-state index contributed by atoms with van der Waals surface area (Å²) in [4.78, 5) is 16.4. The third-order valence-electron chi connectivity index (χ3n) is 3.49. The summed E-state index contributed by atoms with van der Waals surface area (Å²) in [6.07, 6.45) is 4.28. The Labute approximate surface area is 120 Å². The average Bonchev–Trinajstić information content (AvgIpc) is 2.50. The van der Waals surface area contributed by atoms with Crippen LogP contribution in [0.25, 0.3) is 0 Å². The highest BCUT2D eigenvalue weighted by molar-refractivity contribution is 5.83. The number of aromatic nitrogens is 1. The number of nitrogens with zero attached hydrogens (tertiary/aromatic N) is 1. The first-order valence-corrected chi connectivity index (χ1v) is 6.97. The quantitative estimate of drug-likeness (QED) is 0.902. The fourth-order valence-corrected chi connectivity index (χ4v) is 2.31. The van der Waals surface area contributed by atoms with Crippen LogP contribution in [0.2, 0.25) is 0 Å². The van der Waals surface area contributed by atoms with E-state index in [9.17, 15) is 4.79 Å². The molecule has 0 radical (unpaired) electrons. The van der Waals surface area contributed by atoms with Crippen LogP contribution >= 0.6 is 0 Å². The van der Waals surface area contributed by atoms with E-state index >= 15 is 0 Å². The van der Waals surface area contributed by atoms with E-state index in [1.165, 1.54) is 0 Å². The van der Waals surface area contributed by atoms with Crippen molar-refractivity contribution in [3.8, 4) is 0 Å². The molecule has 2 unspecified atom stereocenters. The third-order valence-corrected chi connectivity index (χ3v) is 3.49. The maximum absolute atomic E-state index is 12.4. The summed E-state index contributed by atoms with van der Waals surface area (Å²) in [7, 11) is 0. The van der Waals surface area contributed by atoms with Crippen molar-refractivity contribution in [2.24, 2.45) is 0 Å². The van der Waals surface area contributed by atoms with Crippen molar-refractivity contribution in [3.05, 3.63) is 66.0 Å². The number of rotatable bonds is 5. The molecule has 0 aliphatic rings. The van der Waals surface area contributed by atoms with E-state index in [2.05, 4.69) is 10.3 Å². The minimum Gasteiger partial charge on any atom is -0.349 e. The summed E-state index contributed by atoms with van der Waals surface area (Å²) < 4.78 is 0. The predicted molar refractivity (Wildman–Crippen MR) is 80.3 cm³/mol. The van der Waals surface area contributed by atoms with E-state index in [1.807, 2.05) is 56.3 Å². The smallest absolute Gasteiger partial charge is 0.228 e. The standard InChI is InChI=1S/C17H20N2O/c1-3-16(15-7-5-4-6-8-15)17(20)19-13(2)14-9-11-18-12-10-14/h4-13,16H,3H2,1-2H3,(H,19,20). The van der Waals surface area contributed by atoms with Crippen molar-refractivity contribution in [2.75, 3.05) is 0 Å². The first kappa shape index (κ1) is 14.3. The SMILES string of the molecule is CCC(C(=O)NC(C)c1ccncc1)c1ccccc1. The normalized spacial score (nSPS) is 13.5. The summed E-state index contributed by atoms with van der Waals surface area (Å²) in [5.74, 6) is -0.0245. The molecule has 3 heteroatoms. The summed E-state index contributed by atoms with van der Waals surface area (Å²) >= 11 is 0. The molecule has 1 heterocycles. The highest BCUT2D eigenvalue weighted by Gasteiger charge is 2.20. The lowest BCUT2D eigenvalue weighted by Crippen LogP contribution is -2.31. The first-order valence-electron chi connectivity index (χ1n) is 6.97. The van der Waals surface area contributed by atoms with Gasteiger partial charge in [-0.2, -0.15) is 0 Å². The lowest BCUT2D eigenvalue weighted by Gasteiger charge is -2.19. The minimum atomic E-state index is -0.0968. The maximum atomic E-state index is 12.4. The first-order chi connectivity index (χ1) is 9.72. The van der Waals surface area contributed by atoms with Crippen LogP contribution < -0.4 is 5.32 Å². The van der Waals surface area contributed by atoms with Crippen LogP contribution in [0.1, 0.15) is 43.4 Å². The molecule has 1 amide bonds. The zero-order valence-corrected chi connectivity index (χ0v) is 11.9. The zero-order valence-electron chi connectivity index (χ0n) is 11.9. The Morgan fingerprint density at radius 3 is 2.35 bits per heavy atom. The number of pyridine rings is 1. The number of benzene rings is 1. The molecule has 0 bridgehead atoms. The Hall–Kier alpha value is -2.16. The van der Waals surface area contributed by atoms with Gasteiger partial charge in [0.15, 0.2) is 0 Å². The number of hydrogen-bond acceptors (Lipinski definition) is 2. The third kappa shape index (κ3) is 3.44. The van der Waals surface area contributed by atoms with Crippen molar-refractivity contribution >= 4 is 5.91 Å². The lowest BCUT2D eigenvalue weighted by molar-refractivity contribution is -0.123. The molecule has 0 aliphatic heterocycles. The Kier molecular flexibility index (Phi) is 4.88. The molecule has 1 N–H and O–H groups in total. The van der Waals surface area contributed by atoms with Crippen LogP contribution in [-0.4, -0.2) is 10.9 Å². The average molecular weight is 268 g/mol. The van der Waals surface area contributed by atoms with Gasteiger partial charge in [0.05, 0.1) is 12.0 Å². The van der Waals surface area contributed by atoms with Crippen LogP contribution in [-0.2, 0) is 4.79 Å². The van der Waals surface area contributed by atoms with E-state index in [4.69, 9.17) is 0 Å². The number of nitrogens with one attached hydrogen (secondary N) is 1. The molecule has 0 fully saturated rings. The summed E-state index contributed by atoms with van der Waals surface area (Å²) in [6, 6.07) is 13.8. The van der Waals surface area contributed by atoms with Gasteiger partial charge in [0.2, 0.25) is 5.91 Å². The van der Waals surface area contributed by atoms with Gasteiger partial charge >= 0.3 is 0 Å². The summed E-state index contributed by atoms with van der Waals surface area (Å²) in [5.41, 5.74) is 2.13. The second kappa shape index (κ2) is 6.85. The van der Waals surface area contributed by atoms with Gasteiger partial charge in [-0.05, 0) is 36.6 Å². The van der Waals surface area contributed by atoms with E-state index in [1.54, 1.807) is 12.4 Å². The Balaban J connectivity index is 2.07. The number of carbonyl (C=O) groups is 1. The Morgan fingerprint density at radius 2 is 1.75 bits per heavy atom. The molecule has 104 valence electrons. The second-order valence-corrected chi connectivity index (χ2v) is 4.88. The van der Waals surface area contributed by atoms with Crippen molar-refractivity contribution in [2.45, 2.75) is 32.2 Å². The van der Waals surface area contributed by atoms with Gasteiger partial charge in [-0.1, -0.05) is 37.3 Å². The minimum absolute atomic E-state index is 0.0109. The molecule has 2 aromatic rings. The second-order valence-electron chi connectivity index (χ2n) is 4.88. The van der Waals surface area contributed by atoms with Crippen LogP contribution in [0.5, 0.6) is 0 Å². The molecule has 0 saturated carbocycles. The van der Waals surface area contributed by atoms with Gasteiger partial charge in [0.1, 0.15) is 0 Å². The Bertz CT molecular complexity index is 539. The predicted octanol–water partition coefficient (Wildman–Crippen LogP) is 3.45. The summed E-state index contributed by atoms with van der Waals surface area (Å²) in [5, 5.41) is 3.08. The molecule has 0 spiro atoms. The zero-order chi connectivity index (χ0) is 14.4. The number of carbonyl (C=O) groups excluding carboxylic acids is 1. The van der Waals surface area contributed by atoms with Crippen molar-refractivity contribution in [1.29, 1.82) is 0 Å². The van der Waals surface area contributed by atoms with Gasteiger partial charge in [0.25, 0.3) is 0 Å². The Morgan fingerprint density at radius 1 is 1.10 bits per heavy atom. The fourth-order valence-electron chi connectivity index (χ4n) is 2.31. The van der Waals surface area contributed by atoms with Crippen LogP contribution in [0.4, 0.5) is 0 Å². The van der Waals surface area contributed by atoms with E-state index in [-0.39, 0.29) is 17.9 Å². The number of amides is 1. The molecular weight excluding hydrogens is 248 g/mol. The van der Waals surface area contributed by atoms with E-state index in [0.29, 0.717) is 0 Å². The highest BCUT2D eigenvalue weighted by atomic mass is 16.1. The largest absolute Gasteiger partial charge is 0.349 e. The summed E-state index contributed by atoms with van der Waals surface area (Å²) in [6.45, 7) is 4.03. The monoisotopic (exact) mass is 268 g/mol. The van der Waals surface area contributed by atoms with Gasteiger partial charge in [-0.3, -0.25) is 9.78 Å². The van der Waals surface area contributed by atoms with Gasteiger partial charge in [0, 0.05) is 12.4 Å². The maximum Gasteiger partial charge on any atom is 0.228 e. The van der Waals surface area contributed by atoms with Gasteiger partial charge < -0.3 is 5.32 Å². The van der Waals surface area contributed by atoms with Gasteiger partial charge in [-0.25, -0.2) is 0 Å². The molecule has 1 aromatic carbocycles. The molecular formula is C17H20N2O. The van der Waals surface area contributed by atoms with Crippen LogP contribution in [0.3, 0.4) is 0 Å². The fraction of sp³-hybridized carbons (Fsp3) is 0.294. The molecule has 3 nitrogen and oxygen atoms in total. The topological polar surface area (TPSA) is 42.0 Å². The lowest BCUT2D eigenvalue weighted by atomic mass is 9.95. The molecule has 20 heavy (non-hydrogen) atoms. The van der Waals surface area contributed by atoms with E-state index in [0.717, 1.165) is 17.5 Å². The van der Waals surface area contributed by atoms with Gasteiger partial charge in [-0.15, -0.1) is 0 Å². The number of hydrogen-bond donors (Lipinski definition) is 1. The highest BCUT2D eigenvalue weighted by Crippen LogP contribution is 2.21. The van der Waals surface area contributed by atoms with Crippen molar-refractivity contribution in [1.82, 2.24) is 10.3 Å². The molecule has 0 aliphatic carbocycles. The van der Waals surface area contributed by atoms with E-state index < -0.39 is 0 Å².